The van der Waals surface area contributed by atoms with Crippen LogP contribution in [-0.2, 0) is 4.79 Å². The van der Waals surface area contributed by atoms with Gasteiger partial charge in [0.15, 0.2) is 11.5 Å². The first kappa shape index (κ1) is 14.7. The van der Waals surface area contributed by atoms with Gasteiger partial charge in [0.2, 0.25) is 0 Å². The van der Waals surface area contributed by atoms with Gasteiger partial charge in [-0.05, 0) is 49.8 Å². The Balaban J connectivity index is 1.45. The highest BCUT2D eigenvalue weighted by atomic mass is 16.4. The summed E-state index contributed by atoms with van der Waals surface area (Å²) in [7, 11) is 0. The molecule has 1 saturated heterocycles. The third-order valence-corrected chi connectivity index (χ3v) is 5.21. The van der Waals surface area contributed by atoms with Crippen molar-refractivity contribution in [2.24, 2.45) is 5.41 Å². The first-order valence-electron chi connectivity index (χ1n) is 8.43. The lowest BCUT2D eigenvalue weighted by molar-refractivity contribution is -0.138. The van der Waals surface area contributed by atoms with Crippen LogP contribution in [0, 0.1) is 5.41 Å². The number of likely N-dealkylation sites (tertiary alicyclic amines) is 1. The Morgan fingerprint density at radius 2 is 2.22 bits per heavy atom. The quantitative estimate of drug-likeness (QED) is 0.917. The van der Waals surface area contributed by atoms with Crippen molar-refractivity contribution < 1.29 is 14.3 Å². The summed E-state index contributed by atoms with van der Waals surface area (Å²) in [6.07, 6.45) is 4.60. The molecular formula is C18H22N2O3. The standard InChI is InChI=1S/C18H22N2O3/c21-16(22)10-18(7-8-18)12-20-9-3-4-13(11-20)17-19-14-5-1-2-6-15(14)23-17/h1-2,5-6,13H,3-4,7-12H2,(H,21,22). The molecule has 0 spiro atoms. The van der Waals surface area contributed by atoms with E-state index in [4.69, 9.17) is 9.52 Å². The molecule has 2 heterocycles. The van der Waals surface area contributed by atoms with E-state index < -0.39 is 5.97 Å². The number of carboxylic acids is 1. The van der Waals surface area contributed by atoms with Crippen molar-refractivity contribution in [3.8, 4) is 0 Å². The van der Waals surface area contributed by atoms with Gasteiger partial charge in [-0.25, -0.2) is 4.98 Å². The molecule has 0 radical (unpaired) electrons. The molecule has 1 atom stereocenters. The number of piperidine rings is 1. The fraction of sp³-hybridized carbons (Fsp3) is 0.556. The normalized spacial score (nSPS) is 23.9. The minimum absolute atomic E-state index is 0.0228. The number of aromatic nitrogens is 1. The molecule has 4 rings (SSSR count). The fourth-order valence-electron chi connectivity index (χ4n) is 3.83. The van der Waals surface area contributed by atoms with E-state index in [0.29, 0.717) is 12.3 Å². The second-order valence-electron chi connectivity index (χ2n) is 7.16. The topological polar surface area (TPSA) is 66.6 Å². The number of benzene rings is 1. The highest BCUT2D eigenvalue weighted by molar-refractivity contribution is 5.72. The van der Waals surface area contributed by atoms with E-state index in [1.54, 1.807) is 0 Å². The molecule has 5 nitrogen and oxygen atoms in total. The number of fused-ring (bicyclic) bond motifs is 1. The summed E-state index contributed by atoms with van der Waals surface area (Å²) >= 11 is 0. The molecule has 23 heavy (non-hydrogen) atoms. The first-order valence-corrected chi connectivity index (χ1v) is 8.43. The minimum atomic E-state index is -0.671. The zero-order chi connectivity index (χ0) is 15.9. The lowest BCUT2D eigenvalue weighted by Crippen LogP contribution is -2.39. The summed E-state index contributed by atoms with van der Waals surface area (Å²) in [5.74, 6) is 0.478. The van der Waals surface area contributed by atoms with Crippen LogP contribution in [0.5, 0.6) is 0 Å². The summed E-state index contributed by atoms with van der Waals surface area (Å²) in [6.45, 7) is 2.88. The van der Waals surface area contributed by atoms with Crippen LogP contribution in [0.3, 0.4) is 0 Å². The molecular weight excluding hydrogens is 292 g/mol. The molecule has 1 aliphatic carbocycles. The van der Waals surface area contributed by atoms with Gasteiger partial charge in [0.05, 0.1) is 6.42 Å². The van der Waals surface area contributed by atoms with Crippen LogP contribution in [0.2, 0.25) is 0 Å². The van der Waals surface area contributed by atoms with E-state index in [1.165, 1.54) is 0 Å². The molecule has 2 aromatic rings. The van der Waals surface area contributed by atoms with Gasteiger partial charge in [0, 0.05) is 19.0 Å². The Labute approximate surface area is 135 Å². The van der Waals surface area contributed by atoms with Crippen LogP contribution in [0.1, 0.15) is 43.9 Å². The van der Waals surface area contributed by atoms with E-state index in [9.17, 15) is 4.79 Å². The zero-order valence-electron chi connectivity index (χ0n) is 13.2. The smallest absolute Gasteiger partial charge is 0.303 e. The zero-order valence-corrected chi connectivity index (χ0v) is 13.2. The van der Waals surface area contributed by atoms with Crippen molar-refractivity contribution in [2.45, 2.75) is 38.0 Å². The van der Waals surface area contributed by atoms with E-state index >= 15 is 0 Å². The average Bonchev–Trinajstić information content (AvgIpc) is 3.12. The number of carbonyl (C=O) groups is 1. The van der Waals surface area contributed by atoms with Crippen molar-refractivity contribution >= 4 is 17.1 Å². The maximum absolute atomic E-state index is 11.0. The summed E-state index contributed by atoms with van der Waals surface area (Å²) in [5.41, 5.74) is 1.79. The van der Waals surface area contributed by atoms with Gasteiger partial charge in [-0.2, -0.15) is 0 Å². The van der Waals surface area contributed by atoms with Crippen LogP contribution in [0.4, 0.5) is 0 Å². The van der Waals surface area contributed by atoms with E-state index in [1.807, 2.05) is 24.3 Å². The van der Waals surface area contributed by atoms with Crippen molar-refractivity contribution in [1.82, 2.24) is 9.88 Å². The van der Waals surface area contributed by atoms with Gasteiger partial charge in [-0.15, -0.1) is 0 Å². The SMILES string of the molecule is O=C(O)CC1(CN2CCCC(c3nc4ccccc4o3)C2)CC1. The number of rotatable bonds is 5. The van der Waals surface area contributed by atoms with Gasteiger partial charge in [0.25, 0.3) is 0 Å². The average molecular weight is 314 g/mol. The molecule has 1 aliphatic heterocycles. The third kappa shape index (κ3) is 3.11. The number of nitrogens with zero attached hydrogens (tertiary/aromatic N) is 2. The molecule has 2 aliphatic rings. The van der Waals surface area contributed by atoms with Gasteiger partial charge in [-0.1, -0.05) is 12.1 Å². The Morgan fingerprint density at radius 3 is 2.96 bits per heavy atom. The molecule has 5 heteroatoms. The van der Waals surface area contributed by atoms with Crippen molar-refractivity contribution in [1.29, 1.82) is 0 Å². The number of para-hydroxylation sites is 2. The van der Waals surface area contributed by atoms with Gasteiger partial charge in [-0.3, -0.25) is 4.79 Å². The molecule has 0 amide bonds. The monoisotopic (exact) mass is 314 g/mol. The van der Waals surface area contributed by atoms with Gasteiger partial charge >= 0.3 is 5.97 Å². The van der Waals surface area contributed by atoms with Crippen LogP contribution < -0.4 is 0 Å². The highest BCUT2D eigenvalue weighted by Gasteiger charge is 2.46. The Morgan fingerprint density at radius 1 is 1.39 bits per heavy atom. The molecule has 1 N–H and O–H groups in total. The Bertz CT molecular complexity index is 687. The highest BCUT2D eigenvalue weighted by Crippen LogP contribution is 2.50. The van der Waals surface area contributed by atoms with Crippen LogP contribution in [0.25, 0.3) is 11.1 Å². The largest absolute Gasteiger partial charge is 0.481 e. The first-order chi connectivity index (χ1) is 11.1. The van der Waals surface area contributed by atoms with Crippen LogP contribution >= 0.6 is 0 Å². The number of hydrogen-bond donors (Lipinski definition) is 1. The maximum atomic E-state index is 11.0. The van der Waals surface area contributed by atoms with Crippen molar-refractivity contribution in [3.63, 3.8) is 0 Å². The third-order valence-electron chi connectivity index (χ3n) is 5.21. The van der Waals surface area contributed by atoms with Crippen LogP contribution in [-0.4, -0.2) is 40.6 Å². The lowest BCUT2D eigenvalue weighted by Gasteiger charge is -2.33. The van der Waals surface area contributed by atoms with E-state index in [-0.39, 0.29) is 5.41 Å². The molecule has 1 saturated carbocycles. The molecule has 2 fully saturated rings. The van der Waals surface area contributed by atoms with Gasteiger partial charge < -0.3 is 14.4 Å². The summed E-state index contributed by atoms with van der Waals surface area (Å²) < 4.78 is 5.93. The number of carboxylic acid groups (broad SMARTS) is 1. The summed E-state index contributed by atoms with van der Waals surface area (Å²) in [6, 6.07) is 7.88. The van der Waals surface area contributed by atoms with Crippen molar-refractivity contribution in [3.05, 3.63) is 30.2 Å². The fourth-order valence-corrected chi connectivity index (χ4v) is 3.83. The predicted molar refractivity (Wildman–Crippen MR) is 86.3 cm³/mol. The second kappa shape index (κ2) is 5.64. The molecule has 1 aromatic carbocycles. The van der Waals surface area contributed by atoms with Crippen LogP contribution in [0.15, 0.2) is 28.7 Å². The van der Waals surface area contributed by atoms with E-state index in [0.717, 1.165) is 62.3 Å². The maximum Gasteiger partial charge on any atom is 0.303 e. The summed E-state index contributed by atoms with van der Waals surface area (Å²) in [5, 5.41) is 9.09. The molecule has 122 valence electrons. The van der Waals surface area contributed by atoms with E-state index in [2.05, 4.69) is 9.88 Å². The Hall–Kier alpha value is -1.88. The summed E-state index contributed by atoms with van der Waals surface area (Å²) in [4.78, 5) is 18.1. The number of aliphatic carboxylic acids is 1. The minimum Gasteiger partial charge on any atom is -0.481 e. The van der Waals surface area contributed by atoms with Gasteiger partial charge in [0.1, 0.15) is 5.52 Å². The Kier molecular flexibility index (Phi) is 3.60. The lowest BCUT2D eigenvalue weighted by atomic mass is 9.95. The molecule has 1 aromatic heterocycles. The predicted octanol–water partition coefficient (Wildman–Crippen LogP) is 3.26. The number of oxazole rings is 1. The molecule has 1 unspecified atom stereocenters. The second-order valence-corrected chi connectivity index (χ2v) is 7.16. The molecule has 0 bridgehead atoms. The van der Waals surface area contributed by atoms with Crippen molar-refractivity contribution in [2.75, 3.05) is 19.6 Å². The number of hydrogen-bond acceptors (Lipinski definition) is 4.